The Labute approximate surface area is 220 Å². The molecule has 0 aromatic carbocycles. The van der Waals surface area contributed by atoms with Gasteiger partial charge in [-0.25, -0.2) is 4.79 Å². The Balaban J connectivity index is 1.71. The van der Waals surface area contributed by atoms with Gasteiger partial charge in [-0.3, -0.25) is 0 Å². The Morgan fingerprint density at radius 2 is 1.89 bits per heavy atom. The minimum absolute atomic E-state index is 0.0596. The molecule has 4 aliphatic heterocycles. The van der Waals surface area contributed by atoms with E-state index in [0.29, 0.717) is 6.42 Å². The lowest BCUT2D eigenvalue weighted by Crippen LogP contribution is -2.97. The lowest BCUT2D eigenvalue weighted by molar-refractivity contribution is -0.534. The van der Waals surface area contributed by atoms with Crippen LogP contribution in [0.5, 0.6) is 0 Å². The first-order valence-electron chi connectivity index (χ1n) is 13.2. The number of aromatic amines is 1. The molecule has 5 fully saturated rings. The van der Waals surface area contributed by atoms with Gasteiger partial charge in [0.05, 0.1) is 18.6 Å². The SMILES string of the molecule is CON[C@@]12O[C@@]3(O)[C@H](OC(=O)c4ccc[nH]4)[C@](O)(C(C)C)[C@]1(C)[C@]1(O)C[C@@]3(C)[C@@]3(O)CC[C@H](C)[C@@H](O)[C@@]32O1. The number of H-pyrrole nitrogens is 1. The third-order valence-corrected chi connectivity index (χ3v) is 11.2. The van der Waals surface area contributed by atoms with Crippen LogP contribution in [0.2, 0.25) is 0 Å². The highest BCUT2D eigenvalue weighted by Crippen LogP contribution is 2.84. The van der Waals surface area contributed by atoms with E-state index in [2.05, 4.69) is 10.5 Å². The van der Waals surface area contributed by atoms with E-state index in [1.807, 2.05) is 0 Å². The van der Waals surface area contributed by atoms with Crippen molar-refractivity contribution in [3.05, 3.63) is 24.0 Å². The van der Waals surface area contributed by atoms with Crippen LogP contribution in [0.1, 0.15) is 64.4 Å². The lowest BCUT2D eigenvalue weighted by Gasteiger charge is -2.76. The summed E-state index contributed by atoms with van der Waals surface area (Å²) in [5.41, 5.74) is -9.53. The molecular formula is C26H38N2O10. The Bertz CT molecular complexity index is 1180. The predicted molar refractivity (Wildman–Crippen MR) is 128 cm³/mol. The molecule has 0 radical (unpaired) electrons. The lowest BCUT2D eigenvalue weighted by atomic mass is 9.42. The number of nitrogens with one attached hydrogen (secondary N) is 2. The van der Waals surface area contributed by atoms with Crippen LogP contribution in [0.3, 0.4) is 0 Å². The molecule has 1 aromatic heterocycles. The fraction of sp³-hybridized carbons (Fsp3) is 0.808. The molecule has 38 heavy (non-hydrogen) atoms. The molecule has 1 saturated carbocycles. The van der Waals surface area contributed by atoms with Gasteiger partial charge in [0.15, 0.2) is 23.2 Å². The van der Waals surface area contributed by atoms with Crippen molar-refractivity contribution in [2.75, 3.05) is 7.11 Å². The molecule has 12 heteroatoms. The van der Waals surface area contributed by atoms with Crippen molar-refractivity contribution < 1.29 is 49.4 Å². The van der Waals surface area contributed by atoms with Crippen LogP contribution in [0.4, 0.5) is 0 Å². The molecule has 0 unspecified atom stereocenters. The molecule has 7 N–H and O–H groups in total. The van der Waals surface area contributed by atoms with E-state index in [0.717, 1.165) is 0 Å². The van der Waals surface area contributed by atoms with E-state index in [9.17, 15) is 30.3 Å². The summed E-state index contributed by atoms with van der Waals surface area (Å²) in [5.74, 6) is -6.93. The second kappa shape index (κ2) is 7.17. The number of esters is 1. The Morgan fingerprint density at radius 1 is 1.21 bits per heavy atom. The zero-order valence-corrected chi connectivity index (χ0v) is 22.4. The molecule has 12 nitrogen and oxygen atoms in total. The van der Waals surface area contributed by atoms with Crippen LogP contribution in [-0.2, 0) is 19.0 Å². The molecule has 4 saturated heterocycles. The maximum Gasteiger partial charge on any atom is 0.355 e. The highest BCUT2D eigenvalue weighted by atomic mass is 16.8. The van der Waals surface area contributed by atoms with Crippen molar-refractivity contribution >= 4 is 5.97 Å². The molecule has 1 aliphatic carbocycles. The number of hydrogen-bond acceptors (Lipinski definition) is 11. The number of hydroxylamine groups is 1. The summed E-state index contributed by atoms with van der Waals surface area (Å²) in [6, 6.07) is 3.08. The maximum atomic E-state index is 13.3. The number of aliphatic hydroxyl groups is 5. The summed E-state index contributed by atoms with van der Waals surface area (Å²) >= 11 is 0. The Hall–Kier alpha value is -1.61. The highest BCUT2D eigenvalue weighted by molar-refractivity contribution is 5.87. The van der Waals surface area contributed by atoms with Gasteiger partial charge in [-0.1, -0.05) is 27.7 Å². The topological polar surface area (TPSA) is 183 Å². The van der Waals surface area contributed by atoms with Gasteiger partial charge in [0.1, 0.15) is 22.3 Å². The summed E-state index contributed by atoms with van der Waals surface area (Å²) in [6.45, 7) is 8.11. The van der Waals surface area contributed by atoms with Gasteiger partial charge >= 0.3 is 5.97 Å². The first-order chi connectivity index (χ1) is 17.5. The molecule has 6 rings (SSSR count). The number of aromatic nitrogens is 1. The summed E-state index contributed by atoms with van der Waals surface area (Å²) in [6.07, 6.45) is -1.65. The fourth-order valence-electron chi connectivity index (χ4n) is 9.15. The Morgan fingerprint density at radius 3 is 2.47 bits per heavy atom. The van der Waals surface area contributed by atoms with Crippen molar-refractivity contribution in [1.29, 1.82) is 0 Å². The van der Waals surface area contributed by atoms with Crippen LogP contribution in [0.25, 0.3) is 0 Å². The summed E-state index contributed by atoms with van der Waals surface area (Å²) in [7, 11) is 1.28. The minimum Gasteiger partial charge on any atom is -0.449 e. The normalized spacial score (nSPS) is 56.4. The zero-order chi connectivity index (χ0) is 27.9. The van der Waals surface area contributed by atoms with Gasteiger partial charge in [-0.2, -0.15) is 5.48 Å². The molecule has 11 atom stereocenters. The van der Waals surface area contributed by atoms with Gasteiger partial charge in [-0.05, 0) is 43.7 Å². The van der Waals surface area contributed by atoms with Gasteiger partial charge in [0, 0.05) is 12.6 Å². The number of ether oxygens (including phenoxy) is 3. The second-order valence-electron chi connectivity index (χ2n) is 12.7. The Kier molecular flexibility index (Phi) is 5.02. The molecule has 5 heterocycles. The van der Waals surface area contributed by atoms with E-state index in [-0.39, 0.29) is 12.1 Å². The molecular weight excluding hydrogens is 500 g/mol. The zero-order valence-electron chi connectivity index (χ0n) is 22.4. The average molecular weight is 539 g/mol. The highest BCUT2D eigenvalue weighted by Gasteiger charge is 3.04. The molecule has 212 valence electrons. The quantitative estimate of drug-likeness (QED) is 0.196. The van der Waals surface area contributed by atoms with Crippen molar-refractivity contribution in [2.45, 2.75) is 100 Å². The summed E-state index contributed by atoms with van der Waals surface area (Å²) in [5, 5.41) is 62.5. The molecule has 5 bridgehead atoms. The van der Waals surface area contributed by atoms with Crippen LogP contribution in [0, 0.1) is 22.7 Å². The second-order valence-corrected chi connectivity index (χ2v) is 12.7. The average Bonchev–Trinajstić information content (AvgIpc) is 3.41. The number of aliphatic hydroxyl groups excluding tert-OH is 1. The third kappa shape index (κ3) is 2.19. The van der Waals surface area contributed by atoms with Gasteiger partial charge in [-0.15, -0.1) is 0 Å². The van der Waals surface area contributed by atoms with E-state index in [1.165, 1.54) is 33.2 Å². The number of rotatable bonds is 5. The summed E-state index contributed by atoms with van der Waals surface area (Å²) in [4.78, 5) is 21.4. The van der Waals surface area contributed by atoms with Crippen LogP contribution in [0.15, 0.2) is 18.3 Å². The number of carbonyl (C=O) groups excluding carboxylic acids is 1. The van der Waals surface area contributed by atoms with Crippen LogP contribution in [-0.4, -0.2) is 89.9 Å². The van der Waals surface area contributed by atoms with E-state index in [1.54, 1.807) is 26.8 Å². The van der Waals surface area contributed by atoms with Gasteiger partial charge in [0.2, 0.25) is 5.79 Å². The molecule has 0 amide bonds. The molecule has 5 aliphatic rings. The fourth-order valence-corrected chi connectivity index (χ4v) is 9.15. The molecule has 1 spiro atoms. The number of fused-ring (bicyclic) bond motifs is 4. The third-order valence-electron chi connectivity index (χ3n) is 11.2. The van der Waals surface area contributed by atoms with Gasteiger partial charge < -0.3 is 49.6 Å². The monoisotopic (exact) mass is 538 g/mol. The number of carbonyl (C=O) groups is 1. The van der Waals surface area contributed by atoms with Crippen molar-refractivity contribution in [1.82, 2.24) is 10.5 Å². The summed E-state index contributed by atoms with van der Waals surface area (Å²) < 4.78 is 18.9. The van der Waals surface area contributed by atoms with Crippen LogP contribution < -0.4 is 5.48 Å². The molecule has 1 aromatic rings. The largest absolute Gasteiger partial charge is 0.449 e. The van der Waals surface area contributed by atoms with Crippen molar-refractivity contribution in [2.24, 2.45) is 22.7 Å². The first-order valence-corrected chi connectivity index (χ1v) is 13.2. The van der Waals surface area contributed by atoms with E-state index >= 15 is 0 Å². The minimum atomic E-state index is -2.58. The predicted octanol–water partition coefficient (Wildman–Crippen LogP) is -0.0973. The van der Waals surface area contributed by atoms with Crippen molar-refractivity contribution in [3.63, 3.8) is 0 Å². The van der Waals surface area contributed by atoms with E-state index in [4.69, 9.17) is 19.0 Å². The van der Waals surface area contributed by atoms with Crippen LogP contribution >= 0.6 is 0 Å². The standard InChI is InChI=1S/C26H38N2O10/c1-13(2)23(33)18(36-17(30)15-8-7-11-27-15)25(34)19(4)12-22(32)20(23,5)26(38-25,28-35-6)24(37-22)16(29)14(3)9-10-21(19,24)31/h7-8,11,13-14,16,18,27-29,31-34H,9-10,12H2,1-6H3/t14-,16+,18+,19-,20-,21-,22-,23+,24+,25-,26+/m0/s1. The smallest absolute Gasteiger partial charge is 0.355 e. The maximum absolute atomic E-state index is 13.3. The number of hydrogen-bond donors (Lipinski definition) is 7. The van der Waals surface area contributed by atoms with Gasteiger partial charge in [0.25, 0.3) is 0 Å². The van der Waals surface area contributed by atoms with Crippen molar-refractivity contribution in [3.8, 4) is 0 Å². The van der Waals surface area contributed by atoms with E-state index < -0.39 is 81.4 Å². The first kappa shape index (κ1) is 26.6.